The third kappa shape index (κ3) is 8.61. The van der Waals surface area contributed by atoms with Gasteiger partial charge in [0.15, 0.2) is 0 Å². The smallest absolute Gasteiger partial charge is 0.0593 e. The fourth-order valence-electron chi connectivity index (χ4n) is 2.51. The first kappa shape index (κ1) is 16.9. The predicted molar refractivity (Wildman–Crippen MR) is 82.6 cm³/mol. The van der Waals surface area contributed by atoms with Gasteiger partial charge in [0.1, 0.15) is 0 Å². The van der Waals surface area contributed by atoms with Crippen molar-refractivity contribution in [2.24, 2.45) is 11.8 Å². The highest BCUT2D eigenvalue weighted by molar-refractivity contribution is 4.73. The van der Waals surface area contributed by atoms with Crippen molar-refractivity contribution in [3.63, 3.8) is 0 Å². The van der Waals surface area contributed by atoms with Gasteiger partial charge in [0, 0.05) is 13.2 Å². The van der Waals surface area contributed by atoms with E-state index >= 15 is 0 Å². The first-order valence-corrected chi connectivity index (χ1v) is 8.23. The van der Waals surface area contributed by atoms with Gasteiger partial charge < -0.3 is 15.0 Å². The van der Waals surface area contributed by atoms with E-state index in [2.05, 4.69) is 31.0 Å². The van der Waals surface area contributed by atoms with Gasteiger partial charge in [-0.2, -0.15) is 0 Å². The fraction of sp³-hybridized carbons (Fsp3) is 1.00. The van der Waals surface area contributed by atoms with Crippen LogP contribution in [0.1, 0.15) is 46.5 Å². The summed E-state index contributed by atoms with van der Waals surface area (Å²) in [6.45, 7) is 14.6. The molecule has 1 fully saturated rings. The van der Waals surface area contributed by atoms with Crippen molar-refractivity contribution in [3.05, 3.63) is 0 Å². The van der Waals surface area contributed by atoms with Crippen LogP contribution in [-0.4, -0.2) is 50.8 Å². The SMILES string of the molecule is CCCNCC1CCN(CCOCCC(C)C)CC1. The van der Waals surface area contributed by atoms with Gasteiger partial charge in [-0.05, 0) is 63.7 Å². The molecule has 1 N–H and O–H groups in total. The minimum absolute atomic E-state index is 0.756. The lowest BCUT2D eigenvalue weighted by Crippen LogP contribution is -2.39. The van der Waals surface area contributed by atoms with E-state index in [0.717, 1.165) is 31.6 Å². The third-order valence-corrected chi connectivity index (χ3v) is 3.96. The summed E-state index contributed by atoms with van der Waals surface area (Å²) in [5, 5.41) is 3.55. The first-order valence-electron chi connectivity index (χ1n) is 8.23. The number of ether oxygens (including phenoxy) is 1. The molecule has 0 unspecified atom stereocenters. The number of likely N-dealkylation sites (tertiary alicyclic amines) is 1. The van der Waals surface area contributed by atoms with Crippen molar-refractivity contribution in [1.29, 1.82) is 0 Å². The maximum atomic E-state index is 5.70. The number of hydrogen-bond donors (Lipinski definition) is 1. The average Bonchev–Trinajstić information content (AvgIpc) is 2.40. The predicted octanol–water partition coefficient (Wildman–Crippen LogP) is 2.76. The normalized spacial score (nSPS) is 18.3. The molecule has 1 saturated heterocycles. The van der Waals surface area contributed by atoms with Gasteiger partial charge in [-0.1, -0.05) is 20.8 Å². The molecule has 0 amide bonds. The molecule has 0 atom stereocenters. The molecule has 0 spiro atoms. The zero-order chi connectivity index (χ0) is 13.9. The quantitative estimate of drug-likeness (QED) is 0.618. The Hall–Kier alpha value is -0.120. The highest BCUT2D eigenvalue weighted by Crippen LogP contribution is 2.15. The molecule has 0 aromatic heterocycles. The van der Waals surface area contributed by atoms with Gasteiger partial charge in [0.05, 0.1) is 6.61 Å². The number of nitrogens with one attached hydrogen (secondary N) is 1. The first-order chi connectivity index (χ1) is 9.22. The molecule has 0 aliphatic carbocycles. The van der Waals surface area contributed by atoms with E-state index in [4.69, 9.17) is 4.74 Å². The third-order valence-electron chi connectivity index (χ3n) is 3.96. The molecule has 0 bridgehead atoms. The van der Waals surface area contributed by atoms with Crippen LogP contribution < -0.4 is 5.32 Å². The van der Waals surface area contributed by atoms with Gasteiger partial charge in [-0.3, -0.25) is 0 Å². The van der Waals surface area contributed by atoms with Crippen LogP contribution in [0.15, 0.2) is 0 Å². The van der Waals surface area contributed by atoms with Crippen molar-refractivity contribution in [3.8, 4) is 0 Å². The van der Waals surface area contributed by atoms with Crippen molar-refractivity contribution in [2.45, 2.75) is 46.5 Å². The molecule has 1 heterocycles. The van der Waals surface area contributed by atoms with Gasteiger partial charge >= 0.3 is 0 Å². The van der Waals surface area contributed by atoms with Crippen LogP contribution in [0.2, 0.25) is 0 Å². The lowest BCUT2D eigenvalue weighted by molar-refractivity contribution is 0.0826. The molecule has 0 aromatic rings. The maximum Gasteiger partial charge on any atom is 0.0593 e. The fourth-order valence-corrected chi connectivity index (χ4v) is 2.51. The van der Waals surface area contributed by atoms with Gasteiger partial charge in [-0.25, -0.2) is 0 Å². The summed E-state index contributed by atoms with van der Waals surface area (Å²) < 4.78 is 5.70. The van der Waals surface area contributed by atoms with E-state index in [-0.39, 0.29) is 0 Å². The van der Waals surface area contributed by atoms with E-state index < -0.39 is 0 Å². The Bertz CT molecular complexity index is 201. The molecule has 114 valence electrons. The molecule has 0 saturated carbocycles. The van der Waals surface area contributed by atoms with E-state index in [9.17, 15) is 0 Å². The Morgan fingerprint density at radius 1 is 1.21 bits per heavy atom. The summed E-state index contributed by atoms with van der Waals surface area (Å²) in [7, 11) is 0. The van der Waals surface area contributed by atoms with Crippen molar-refractivity contribution in [1.82, 2.24) is 10.2 Å². The highest BCUT2D eigenvalue weighted by Gasteiger charge is 2.18. The number of nitrogens with zero attached hydrogens (tertiary/aromatic N) is 1. The summed E-state index contributed by atoms with van der Waals surface area (Å²) in [6, 6.07) is 0. The van der Waals surface area contributed by atoms with E-state index in [1.54, 1.807) is 0 Å². The molecule has 3 heteroatoms. The maximum absolute atomic E-state index is 5.70. The zero-order valence-electron chi connectivity index (χ0n) is 13.3. The number of piperidine rings is 1. The standard InChI is InChI=1S/C16H34N2O/c1-4-8-17-14-16-5-9-18(10-6-16)11-13-19-12-7-15(2)3/h15-17H,4-14H2,1-3H3. The van der Waals surface area contributed by atoms with Crippen molar-refractivity contribution >= 4 is 0 Å². The molecule has 1 aliphatic heterocycles. The summed E-state index contributed by atoms with van der Waals surface area (Å²) in [5.74, 6) is 1.65. The minimum Gasteiger partial charge on any atom is -0.380 e. The van der Waals surface area contributed by atoms with Crippen molar-refractivity contribution in [2.75, 3.05) is 45.9 Å². The lowest BCUT2D eigenvalue weighted by Gasteiger charge is -2.32. The summed E-state index contributed by atoms with van der Waals surface area (Å²) >= 11 is 0. The highest BCUT2D eigenvalue weighted by atomic mass is 16.5. The van der Waals surface area contributed by atoms with Crippen LogP contribution in [0.4, 0.5) is 0 Å². The largest absolute Gasteiger partial charge is 0.380 e. The Balaban J connectivity index is 1.94. The van der Waals surface area contributed by atoms with Gasteiger partial charge in [-0.15, -0.1) is 0 Å². The van der Waals surface area contributed by atoms with Crippen LogP contribution in [0.5, 0.6) is 0 Å². The van der Waals surface area contributed by atoms with Gasteiger partial charge in [0.2, 0.25) is 0 Å². The Kier molecular flexibility index (Phi) is 9.48. The molecule has 19 heavy (non-hydrogen) atoms. The Morgan fingerprint density at radius 3 is 2.58 bits per heavy atom. The minimum atomic E-state index is 0.756. The number of rotatable bonds is 10. The summed E-state index contributed by atoms with van der Waals surface area (Å²) in [6.07, 6.45) is 5.13. The monoisotopic (exact) mass is 270 g/mol. The van der Waals surface area contributed by atoms with Crippen LogP contribution >= 0.6 is 0 Å². The zero-order valence-corrected chi connectivity index (χ0v) is 13.3. The molecular formula is C16H34N2O. The van der Waals surface area contributed by atoms with Crippen LogP contribution in [0.3, 0.4) is 0 Å². The molecule has 3 nitrogen and oxygen atoms in total. The van der Waals surface area contributed by atoms with Crippen LogP contribution in [0.25, 0.3) is 0 Å². The molecule has 1 aliphatic rings. The average molecular weight is 270 g/mol. The van der Waals surface area contributed by atoms with Crippen LogP contribution in [0, 0.1) is 11.8 Å². The van der Waals surface area contributed by atoms with E-state index in [1.165, 1.54) is 51.9 Å². The number of hydrogen-bond acceptors (Lipinski definition) is 3. The topological polar surface area (TPSA) is 24.5 Å². The van der Waals surface area contributed by atoms with E-state index in [0.29, 0.717) is 0 Å². The van der Waals surface area contributed by atoms with Gasteiger partial charge in [0.25, 0.3) is 0 Å². The lowest BCUT2D eigenvalue weighted by atomic mass is 9.97. The second kappa shape index (κ2) is 10.6. The molecular weight excluding hydrogens is 236 g/mol. The molecule has 1 rings (SSSR count). The second-order valence-electron chi connectivity index (χ2n) is 6.28. The summed E-state index contributed by atoms with van der Waals surface area (Å²) in [4.78, 5) is 2.56. The van der Waals surface area contributed by atoms with Crippen LogP contribution in [-0.2, 0) is 4.74 Å². The Morgan fingerprint density at radius 2 is 1.95 bits per heavy atom. The molecule has 0 radical (unpaired) electrons. The summed E-state index contributed by atoms with van der Waals surface area (Å²) in [5.41, 5.74) is 0. The Labute approximate surface area is 120 Å². The van der Waals surface area contributed by atoms with Crippen molar-refractivity contribution < 1.29 is 4.74 Å². The second-order valence-corrected chi connectivity index (χ2v) is 6.28. The van der Waals surface area contributed by atoms with E-state index in [1.807, 2.05) is 0 Å². The molecule has 0 aromatic carbocycles.